The molecule has 0 bridgehead atoms. The number of hydrogen-bond acceptors (Lipinski definition) is 4. The second-order valence-electron chi connectivity index (χ2n) is 6.82. The zero-order chi connectivity index (χ0) is 16.4. The number of hydrogen-bond donors (Lipinski definition) is 0. The molecule has 2 aliphatic heterocycles. The summed E-state index contributed by atoms with van der Waals surface area (Å²) in [5, 5.41) is 14.1. The molecule has 0 spiro atoms. The van der Waals surface area contributed by atoms with E-state index in [1.807, 2.05) is 11.9 Å². The van der Waals surface area contributed by atoms with E-state index in [4.69, 9.17) is 4.74 Å². The minimum Gasteiger partial charge on any atom is -0.379 e. The maximum atomic E-state index is 11.0. The first-order valence-electron chi connectivity index (χ1n) is 8.64. The van der Waals surface area contributed by atoms with Gasteiger partial charge in [-0.1, -0.05) is 19.3 Å². The Morgan fingerprint density at radius 3 is 2.57 bits per heavy atom. The highest BCUT2D eigenvalue weighted by molar-refractivity contribution is 5.80. The van der Waals surface area contributed by atoms with E-state index in [9.17, 15) is 10.1 Å². The van der Waals surface area contributed by atoms with Crippen molar-refractivity contribution in [2.24, 2.45) is 5.10 Å². The van der Waals surface area contributed by atoms with Crippen molar-refractivity contribution >= 4 is 5.96 Å². The predicted molar refractivity (Wildman–Crippen MR) is 86.3 cm³/mol. The van der Waals surface area contributed by atoms with Crippen molar-refractivity contribution in [3.63, 3.8) is 0 Å². The zero-order valence-corrected chi connectivity index (χ0v) is 14.1. The summed E-state index contributed by atoms with van der Waals surface area (Å²) in [7, 11) is 1.91. The van der Waals surface area contributed by atoms with Crippen molar-refractivity contribution in [2.75, 3.05) is 26.9 Å². The molecule has 0 aromatic heterocycles. The summed E-state index contributed by atoms with van der Waals surface area (Å²) in [5.74, 6) is 0.463. The summed E-state index contributed by atoms with van der Waals surface area (Å²) < 4.78 is 5.50. The Labute approximate surface area is 137 Å². The van der Waals surface area contributed by atoms with E-state index in [1.54, 1.807) is 0 Å². The van der Waals surface area contributed by atoms with Crippen LogP contribution < -0.4 is 0 Å². The highest BCUT2D eigenvalue weighted by Gasteiger charge is 2.41. The molecule has 0 aromatic rings. The maximum Gasteiger partial charge on any atom is 0.276 e. The van der Waals surface area contributed by atoms with E-state index in [0.717, 1.165) is 13.0 Å². The van der Waals surface area contributed by atoms with Crippen LogP contribution in [0.25, 0.3) is 0 Å². The van der Waals surface area contributed by atoms with E-state index in [1.165, 1.54) is 32.1 Å². The summed E-state index contributed by atoms with van der Waals surface area (Å²) in [6, 6.07) is 0.734. The Bertz CT molecular complexity index is 460. The van der Waals surface area contributed by atoms with E-state index < -0.39 is 5.03 Å². The van der Waals surface area contributed by atoms with Crippen LogP contribution in [0.15, 0.2) is 5.10 Å². The lowest BCUT2D eigenvalue weighted by Crippen LogP contribution is -2.66. The lowest BCUT2D eigenvalue weighted by atomic mass is 9.93. The molecule has 0 N–H and O–H groups in total. The highest BCUT2D eigenvalue weighted by atomic mass is 16.7. The van der Waals surface area contributed by atoms with Gasteiger partial charge in [0.2, 0.25) is 0 Å². The fourth-order valence-electron chi connectivity index (χ4n) is 4.03. The van der Waals surface area contributed by atoms with Crippen LogP contribution in [0.5, 0.6) is 0 Å². The minimum absolute atomic E-state index is 0.121. The van der Waals surface area contributed by atoms with Gasteiger partial charge < -0.3 is 14.5 Å². The van der Waals surface area contributed by atoms with E-state index in [2.05, 4.69) is 21.8 Å². The van der Waals surface area contributed by atoms with Crippen LogP contribution >= 0.6 is 0 Å². The van der Waals surface area contributed by atoms with Crippen molar-refractivity contribution in [3.8, 4) is 0 Å². The molecule has 3 aliphatic rings. The Hall–Kier alpha value is -1.41. The highest BCUT2D eigenvalue weighted by Crippen LogP contribution is 2.29. The molecule has 8 heteroatoms. The molecule has 8 nitrogen and oxygen atoms in total. The fourth-order valence-corrected chi connectivity index (χ4v) is 4.03. The number of hydrazone groups is 1. The molecule has 2 heterocycles. The van der Waals surface area contributed by atoms with E-state index in [-0.39, 0.29) is 12.2 Å². The normalized spacial score (nSPS) is 32.7. The molecular formula is C15H27N5O3. The zero-order valence-electron chi connectivity index (χ0n) is 14.1. The van der Waals surface area contributed by atoms with Gasteiger partial charge in [0, 0.05) is 19.7 Å². The number of rotatable bonds is 3. The van der Waals surface area contributed by atoms with Gasteiger partial charge >= 0.3 is 0 Å². The summed E-state index contributed by atoms with van der Waals surface area (Å²) in [6.07, 6.45) is 7.33. The van der Waals surface area contributed by atoms with Gasteiger partial charge in [0.1, 0.15) is 5.10 Å². The molecule has 0 aromatic carbocycles. The second-order valence-corrected chi connectivity index (χ2v) is 6.82. The molecule has 2 atom stereocenters. The topological polar surface area (TPSA) is 74.4 Å². The predicted octanol–water partition coefficient (Wildman–Crippen LogP) is 1.51. The van der Waals surface area contributed by atoms with Gasteiger partial charge in [-0.2, -0.15) is 0 Å². The molecule has 1 aliphatic carbocycles. The van der Waals surface area contributed by atoms with Crippen LogP contribution in [-0.4, -0.2) is 70.9 Å². The van der Waals surface area contributed by atoms with Crippen molar-refractivity contribution in [3.05, 3.63) is 10.1 Å². The van der Waals surface area contributed by atoms with Crippen LogP contribution in [-0.2, 0) is 4.74 Å². The quantitative estimate of drug-likeness (QED) is 0.578. The largest absolute Gasteiger partial charge is 0.379 e. The Kier molecular flexibility index (Phi) is 5.01. The molecule has 2 unspecified atom stereocenters. The van der Waals surface area contributed by atoms with Gasteiger partial charge in [-0.25, -0.2) is 10.1 Å². The molecule has 3 fully saturated rings. The van der Waals surface area contributed by atoms with Gasteiger partial charge in [0.05, 0.1) is 25.5 Å². The van der Waals surface area contributed by atoms with Crippen molar-refractivity contribution in [1.82, 2.24) is 14.7 Å². The number of ether oxygens (including phenoxy) is 1. The van der Waals surface area contributed by atoms with Crippen LogP contribution in [0.3, 0.4) is 0 Å². The van der Waals surface area contributed by atoms with Crippen LogP contribution in [0.1, 0.15) is 45.4 Å². The third kappa shape index (κ3) is 3.42. The third-order valence-electron chi connectivity index (χ3n) is 5.49. The van der Waals surface area contributed by atoms with Gasteiger partial charge in [-0.3, -0.25) is 4.90 Å². The molecule has 0 radical (unpaired) electrons. The van der Waals surface area contributed by atoms with Crippen molar-refractivity contribution in [2.45, 2.75) is 63.7 Å². The first kappa shape index (κ1) is 16.4. The first-order valence-corrected chi connectivity index (χ1v) is 8.64. The van der Waals surface area contributed by atoms with Gasteiger partial charge in [0.25, 0.3) is 5.96 Å². The van der Waals surface area contributed by atoms with E-state index in [0.29, 0.717) is 25.3 Å². The SMILES string of the molecule is CC1N(C)C(=N[N+](=O)[O-])N(C2CCOC2)CN1C1CCCCC1. The average molecular weight is 325 g/mol. The van der Waals surface area contributed by atoms with Crippen LogP contribution in [0.4, 0.5) is 0 Å². The number of nitrogens with zero attached hydrogens (tertiary/aromatic N) is 5. The molecule has 23 heavy (non-hydrogen) atoms. The van der Waals surface area contributed by atoms with Gasteiger partial charge in [0.15, 0.2) is 5.03 Å². The molecule has 130 valence electrons. The third-order valence-corrected chi connectivity index (χ3v) is 5.49. The van der Waals surface area contributed by atoms with Gasteiger partial charge in [-0.15, -0.1) is 0 Å². The molecule has 3 rings (SSSR count). The molecule has 1 saturated carbocycles. The Morgan fingerprint density at radius 2 is 1.96 bits per heavy atom. The summed E-state index contributed by atoms with van der Waals surface area (Å²) in [6.45, 7) is 4.16. The van der Waals surface area contributed by atoms with Crippen molar-refractivity contribution in [1.29, 1.82) is 0 Å². The molecule has 2 saturated heterocycles. The Balaban J connectivity index is 1.84. The van der Waals surface area contributed by atoms with E-state index >= 15 is 0 Å². The summed E-state index contributed by atoms with van der Waals surface area (Å²) in [5.41, 5.74) is 0. The first-order chi connectivity index (χ1) is 11.1. The standard InChI is InChI=1S/C15H27N5O3/c1-12-17(2)15(16-20(21)22)19(14-8-9-23-10-14)11-18(12)13-6-4-3-5-7-13/h12-14H,3-11H2,1-2H3. The molecular weight excluding hydrogens is 298 g/mol. The number of nitro groups is 1. The smallest absolute Gasteiger partial charge is 0.276 e. The maximum absolute atomic E-state index is 11.0. The van der Waals surface area contributed by atoms with Crippen LogP contribution in [0.2, 0.25) is 0 Å². The van der Waals surface area contributed by atoms with Crippen molar-refractivity contribution < 1.29 is 9.77 Å². The summed E-state index contributed by atoms with van der Waals surface area (Å²) >= 11 is 0. The lowest BCUT2D eigenvalue weighted by molar-refractivity contribution is -0.486. The van der Waals surface area contributed by atoms with Crippen LogP contribution in [0, 0.1) is 10.1 Å². The Morgan fingerprint density at radius 1 is 1.22 bits per heavy atom. The fraction of sp³-hybridized carbons (Fsp3) is 0.933. The summed E-state index contributed by atoms with van der Waals surface area (Å²) in [4.78, 5) is 17.5. The molecule has 0 amide bonds. The monoisotopic (exact) mass is 325 g/mol. The van der Waals surface area contributed by atoms with Gasteiger partial charge in [-0.05, 0) is 26.2 Å². The second kappa shape index (κ2) is 7.00. The lowest BCUT2D eigenvalue weighted by Gasteiger charge is -2.51. The average Bonchev–Trinajstić information content (AvgIpc) is 3.07. The number of guanidine groups is 1. The minimum atomic E-state index is -0.586.